The summed E-state index contributed by atoms with van der Waals surface area (Å²) in [6.45, 7) is 1.91. The summed E-state index contributed by atoms with van der Waals surface area (Å²) in [4.78, 5) is 25.5. The van der Waals surface area contributed by atoms with Crippen molar-refractivity contribution in [3.63, 3.8) is 0 Å². The predicted molar refractivity (Wildman–Crippen MR) is 99.7 cm³/mol. The zero-order chi connectivity index (χ0) is 18.7. The van der Waals surface area contributed by atoms with Crippen molar-refractivity contribution in [2.75, 3.05) is 24.9 Å². The van der Waals surface area contributed by atoms with Crippen molar-refractivity contribution in [3.8, 4) is 11.5 Å². The van der Waals surface area contributed by atoms with E-state index < -0.39 is 5.41 Å². The lowest BCUT2D eigenvalue weighted by atomic mass is 10.0. The van der Waals surface area contributed by atoms with Crippen molar-refractivity contribution in [1.82, 2.24) is 0 Å². The molecule has 1 saturated carbocycles. The van der Waals surface area contributed by atoms with Gasteiger partial charge in [-0.1, -0.05) is 18.2 Å². The zero-order valence-electron chi connectivity index (χ0n) is 15.1. The van der Waals surface area contributed by atoms with Crippen LogP contribution >= 0.6 is 0 Å². The smallest absolute Gasteiger partial charge is 0.240 e. The first-order valence-electron chi connectivity index (χ1n) is 8.41. The normalized spacial score (nSPS) is 14.3. The van der Waals surface area contributed by atoms with Gasteiger partial charge in [-0.3, -0.25) is 9.59 Å². The molecule has 2 aromatic carbocycles. The second kappa shape index (κ2) is 7.07. The van der Waals surface area contributed by atoms with Gasteiger partial charge in [-0.05, 0) is 43.5 Å². The molecule has 0 heterocycles. The first-order valence-corrected chi connectivity index (χ1v) is 8.41. The Labute approximate surface area is 152 Å². The zero-order valence-corrected chi connectivity index (χ0v) is 15.1. The second-order valence-electron chi connectivity index (χ2n) is 6.37. The van der Waals surface area contributed by atoms with Crippen LogP contribution in [0.3, 0.4) is 0 Å². The lowest BCUT2D eigenvalue weighted by Gasteiger charge is -2.18. The molecule has 26 heavy (non-hydrogen) atoms. The fourth-order valence-corrected chi connectivity index (χ4v) is 2.79. The third kappa shape index (κ3) is 3.35. The average Bonchev–Trinajstić information content (AvgIpc) is 3.45. The van der Waals surface area contributed by atoms with Crippen LogP contribution in [0.5, 0.6) is 11.5 Å². The fraction of sp³-hybridized carbons (Fsp3) is 0.300. The lowest BCUT2D eigenvalue weighted by molar-refractivity contribution is -0.131. The quantitative estimate of drug-likeness (QED) is 0.780. The maximum absolute atomic E-state index is 12.8. The second-order valence-corrected chi connectivity index (χ2v) is 6.37. The molecule has 1 aliphatic carbocycles. The number of rotatable bonds is 6. The standard InChI is InChI=1S/C20H22N2O4/c1-13-6-4-5-7-15(13)21-18(23)20(10-11-20)19(24)22-16-12-14(25-2)8-9-17(16)26-3/h4-9,12H,10-11H2,1-3H3,(H,21,23)(H,22,24). The Morgan fingerprint density at radius 2 is 1.58 bits per heavy atom. The van der Waals surface area contributed by atoms with Crippen molar-refractivity contribution in [2.45, 2.75) is 19.8 Å². The molecule has 0 aliphatic heterocycles. The van der Waals surface area contributed by atoms with Gasteiger partial charge in [-0.15, -0.1) is 0 Å². The van der Waals surface area contributed by atoms with Crippen LogP contribution in [0.1, 0.15) is 18.4 Å². The van der Waals surface area contributed by atoms with Gasteiger partial charge in [-0.25, -0.2) is 0 Å². The number of anilines is 2. The Hall–Kier alpha value is -3.02. The molecule has 1 aliphatic rings. The molecule has 0 atom stereocenters. The summed E-state index contributed by atoms with van der Waals surface area (Å²) in [7, 11) is 3.07. The Bertz CT molecular complexity index is 843. The topological polar surface area (TPSA) is 76.7 Å². The molecule has 0 radical (unpaired) electrons. The Morgan fingerprint density at radius 3 is 2.15 bits per heavy atom. The van der Waals surface area contributed by atoms with Gasteiger partial charge in [0.25, 0.3) is 0 Å². The summed E-state index contributed by atoms with van der Waals surface area (Å²) >= 11 is 0. The Kier molecular flexibility index (Phi) is 4.84. The average molecular weight is 354 g/mol. The van der Waals surface area contributed by atoms with Crippen LogP contribution in [-0.4, -0.2) is 26.0 Å². The number of hydrogen-bond donors (Lipinski definition) is 2. The molecular weight excluding hydrogens is 332 g/mol. The number of aryl methyl sites for hydroxylation is 1. The van der Waals surface area contributed by atoms with Crippen LogP contribution in [0, 0.1) is 12.3 Å². The van der Waals surface area contributed by atoms with E-state index in [1.165, 1.54) is 7.11 Å². The highest BCUT2D eigenvalue weighted by molar-refractivity contribution is 6.17. The van der Waals surface area contributed by atoms with Gasteiger partial charge in [0.15, 0.2) is 0 Å². The summed E-state index contributed by atoms with van der Waals surface area (Å²) in [6.07, 6.45) is 1.03. The molecular formula is C20H22N2O4. The molecule has 0 spiro atoms. The van der Waals surface area contributed by atoms with Crippen molar-refractivity contribution in [2.24, 2.45) is 5.41 Å². The Balaban J connectivity index is 1.77. The van der Waals surface area contributed by atoms with Crippen LogP contribution in [0.15, 0.2) is 42.5 Å². The molecule has 0 bridgehead atoms. The molecule has 6 nitrogen and oxygen atoms in total. The van der Waals surface area contributed by atoms with E-state index in [9.17, 15) is 9.59 Å². The maximum Gasteiger partial charge on any atom is 0.240 e. The number of benzene rings is 2. The van der Waals surface area contributed by atoms with Crippen molar-refractivity contribution >= 4 is 23.2 Å². The van der Waals surface area contributed by atoms with Gasteiger partial charge < -0.3 is 20.1 Å². The molecule has 2 amide bonds. The number of amides is 2. The number of nitrogens with one attached hydrogen (secondary N) is 2. The van der Waals surface area contributed by atoms with E-state index >= 15 is 0 Å². The highest BCUT2D eigenvalue weighted by atomic mass is 16.5. The van der Waals surface area contributed by atoms with Crippen molar-refractivity contribution in [1.29, 1.82) is 0 Å². The van der Waals surface area contributed by atoms with E-state index in [-0.39, 0.29) is 11.8 Å². The van der Waals surface area contributed by atoms with Crippen molar-refractivity contribution < 1.29 is 19.1 Å². The highest BCUT2D eigenvalue weighted by Gasteiger charge is 2.56. The molecule has 0 aromatic heterocycles. The van der Waals surface area contributed by atoms with Crippen molar-refractivity contribution in [3.05, 3.63) is 48.0 Å². The SMILES string of the molecule is COc1ccc(OC)c(NC(=O)C2(C(=O)Nc3ccccc3C)CC2)c1. The van der Waals surface area contributed by atoms with E-state index in [2.05, 4.69) is 10.6 Å². The van der Waals surface area contributed by atoms with E-state index in [4.69, 9.17) is 9.47 Å². The molecule has 6 heteroatoms. The van der Waals surface area contributed by atoms with E-state index in [1.54, 1.807) is 25.3 Å². The summed E-state index contributed by atoms with van der Waals surface area (Å²) < 4.78 is 10.5. The summed E-state index contributed by atoms with van der Waals surface area (Å²) in [5.41, 5.74) is 1.10. The van der Waals surface area contributed by atoms with Crippen LogP contribution in [0.4, 0.5) is 11.4 Å². The number of para-hydroxylation sites is 1. The number of methoxy groups -OCH3 is 2. The number of hydrogen-bond acceptors (Lipinski definition) is 4. The van der Waals surface area contributed by atoms with Crippen LogP contribution in [-0.2, 0) is 9.59 Å². The predicted octanol–water partition coefficient (Wildman–Crippen LogP) is 3.37. The minimum Gasteiger partial charge on any atom is -0.497 e. The van der Waals surface area contributed by atoms with Crippen LogP contribution in [0.2, 0.25) is 0 Å². The summed E-state index contributed by atoms with van der Waals surface area (Å²) in [5.74, 6) is 0.478. The van der Waals surface area contributed by atoms with Crippen LogP contribution in [0.25, 0.3) is 0 Å². The number of ether oxygens (including phenoxy) is 2. The maximum atomic E-state index is 12.8. The first-order chi connectivity index (χ1) is 12.5. The van der Waals surface area contributed by atoms with Gasteiger partial charge in [0, 0.05) is 11.8 Å². The van der Waals surface area contributed by atoms with Gasteiger partial charge >= 0.3 is 0 Å². The van der Waals surface area contributed by atoms with E-state index in [0.29, 0.717) is 30.0 Å². The minimum atomic E-state index is -1.05. The third-order valence-corrected chi connectivity index (χ3v) is 4.67. The monoisotopic (exact) mass is 354 g/mol. The molecule has 1 fully saturated rings. The molecule has 136 valence electrons. The fourth-order valence-electron chi connectivity index (χ4n) is 2.79. The lowest BCUT2D eigenvalue weighted by Crippen LogP contribution is -2.35. The highest BCUT2D eigenvalue weighted by Crippen LogP contribution is 2.48. The number of carbonyl (C=O) groups excluding carboxylic acids is 2. The first kappa shape index (κ1) is 17.8. The van der Waals surface area contributed by atoms with Crippen LogP contribution < -0.4 is 20.1 Å². The molecule has 0 saturated heterocycles. The minimum absolute atomic E-state index is 0.286. The van der Waals surface area contributed by atoms with Gasteiger partial charge in [0.05, 0.1) is 19.9 Å². The Morgan fingerprint density at radius 1 is 0.923 bits per heavy atom. The molecule has 0 unspecified atom stereocenters. The van der Waals surface area contributed by atoms with E-state index in [0.717, 1.165) is 11.3 Å². The molecule has 2 N–H and O–H groups in total. The van der Waals surface area contributed by atoms with Gasteiger partial charge in [0.2, 0.25) is 11.8 Å². The number of carbonyl (C=O) groups is 2. The third-order valence-electron chi connectivity index (χ3n) is 4.67. The van der Waals surface area contributed by atoms with E-state index in [1.807, 2.05) is 31.2 Å². The van der Waals surface area contributed by atoms with Gasteiger partial charge in [-0.2, -0.15) is 0 Å². The molecule has 3 rings (SSSR count). The van der Waals surface area contributed by atoms with Gasteiger partial charge in [0.1, 0.15) is 16.9 Å². The summed E-state index contributed by atoms with van der Waals surface area (Å²) in [5, 5.41) is 5.69. The largest absolute Gasteiger partial charge is 0.497 e. The molecule has 2 aromatic rings. The summed E-state index contributed by atoms with van der Waals surface area (Å²) in [6, 6.07) is 12.6.